The number of hydrogen-bond acceptors (Lipinski definition) is 3. The Labute approximate surface area is 137 Å². The average molecular weight is 313 g/mol. The van der Waals surface area contributed by atoms with E-state index in [-0.39, 0.29) is 6.03 Å². The summed E-state index contributed by atoms with van der Waals surface area (Å²) in [5, 5.41) is 2.96. The van der Waals surface area contributed by atoms with Gasteiger partial charge in [-0.05, 0) is 48.7 Å². The number of hydrogen-bond donors (Lipinski definition) is 1. The van der Waals surface area contributed by atoms with E-state index in [4.69, 9.17) is 4.74 Å². The van der Waals surface area contributed by atoms with Gasteiger partial charge in [-0.2, -0.15) is 0 Å². The van der Waals surface area contributed by atoms with E-state index in [1.54, 1.807) is 19.5 Å². The number of carbonyl (C=O) groups excluding carboxylic acids is 1. The summed E-state index contributed by atoms with van der Waals surface area (Å²) in [6.07, 6.45) is 4.37. The summed E-state index contributed by atoms with van der Waals surface area (Å²) in [7, 11) is 1.64. The molecule has 0 fully saturated rings. The Morgan fingerprint density at radius 2 is 1.83 bits per heavy atom. The van der Waals surface area contributed by atoms with Crippen LogP contribution in [-0.2, 0) is 13.0 Å². The third-order valence-corrected chi connectivity index (χ3v) is 3.69. The van der Waals surface area contributed by atoms with Crippen LogP contribution in [0.25, 0.3) is 0 Å². The summed E-state index contributed by atoms with van der Waals surface area (Å²) in [6, 6.07) is 11.6. The third-order valence-electron chi connectivity index (χ3n) is 3.69. The maximum absolute atomic E-state index is 12.3. The number of urea groups is 1. The molecule has 2 amide bonds. The molecule has 0 aliphatic heterocycles. The van der Waals surface area contributed by atoms with E-state index in [0.717, 1.165) is 17.7 Å². The van der Waals surface area contributed by atoms with Gasteiger partial charge in [0.05, 0.1) is 7.11 Å². The van der Waals surface area contributed by atoms with Gasteiger partial charge in [-0.25, -0.2) is 4.79 Å². The molecule has 0 atom stereocenters. The number of benzene rings is 1. The molecule has 1 aromatic heterocycles. The molecule has 0 aliphatic carbocycles. The van der Waals surface area contributed by atoms with Crippen LogP contribution < -0.4 is 10.1 Å². The van der Waals surface area contributed by atoms with Gasteiger partial charge in [0.1, 0.15) is 5.75 Å². The predicted octanol–water partition coefficient (Wildman–Crippen LogP) is 2.86. The van der Waals surface area contributed by atoms with Gasteiger partial charge in [-0.1, -0.05) is 12.1 Å². The summed E-state index contributed by atoms with van der Waals surface area (Å²) >= 11 is 0. The maximum atomic E-state index is 12.3. The van der Waals surface area contributed by atoms with Gasteiger partial charge in [0.2, 0.25) is 0 Å². The first-order valence-electron chi connectivity index (χ1n) is 7.77. The number of pyridine rings is 1. The highest BCUT2D eigenvalue weighted by atomic mass is 16.5. The van der Waals surface area contributed by atoms with Gasteiger partial charge in [-0.3, -0.25) is 4.98 Å². The van der Waals surface area contributed by atoms with E-state index in [2.05, 4.69) is 10.3 Å². The molecule has 5 nitrogen and oxygen atoms in total. The minimum Gasteiger partial charge on any atom is -0.497 e. The molecule has 5 heteroatoms. The largest absolute Gasteiger partial charge is 0.497 e. The fourth-order valence-corrected chi connectivity index (χ4v) is 2.25. The monoisotopic (exact) mass is 313 g/mol. The van der Waals surface area contributed by atoms with Crippen molar-refractivity contribution >= 4 is 6.03 Å². The van der Waals surface area contributed by atoms with Gasteiger partial charge in [0, 0.05) is 32.0 Å². The van der Waals surface area contributed by atoms with Crippen molar-refractivity contribution in [3.63, 3.8) is 0 Å². The molecular weight excluding hydrogens is 290 g/mol. The Morgan fingerprint density at radius 1 is 1.13 bits per heavy atom. The highest BCUT2D eigenvalue weighted by molar-refractivity contribution is 5.74. The zero-order valence-electron chi connectivity index (χ0n) is 13.7. The number of carbonyl (C=O) groups is 1. The first-order chi connectivity index (χ1) is 11.2. The Bertz CT molecular complexity index is 599. The number of ether oxygens (including phenoxy) is 1. The van der Waals surface area contributed by atoms with Crippen molar-refractivity contribution in [2.75, 3.05) is 20.2 Å². The highest BCUT2D eigenvalue weighted by Crippen LogP contribution is 2.11. The molecular formula is C18H23N3O2. The van der Waals surface area contributed by atoms with Crippen molar-refractivity contribution in [2.24, 2.45) is 0 Å². The lowest BCUT2D eigenvalue weighted by atomic mass is 10.2. The molecule has 23 heavy (non-hydrogen) atoms. The van der Waals surface area contributed by atoms with E-state index in [1.165, 1.54) is 5.56 Å². The number of methoxy groups -OCH3 is 1. The molecule has 0 radical (unpaired) electrons. The zero-order valence-corrected chi connectivity index (χ0v) is 13.7. The summed E-state index contributed by atoms with van der Waals surface area (Å²) in [4.78, 5) is 18.1. The lowest BCUT2D eigenvalue weighted by Crippen LogP contribution is -2.40. The average Bonchev–Trinajstić information content (AvgIpc) is 2.61. The maximum Gasteiger partial charge on any atom is 0.317 e. The smallest absolute Gasteiger partial charge is 0.317 e. The molecule has 0 spiro atoms. The number of rotatable bonds is 7. The molecule has 2 rings (SSSR count). The van der Waals surface area contributed by atoms with Gasteiger partial charge < -0.3 is 15.0 Å². The number of aromatic nitrogens is 1. The van der Waals surface area contributed by atoms with E-state index >= 15 is 0 Å². The summed E-state index contributed by atoms with van der Waals surface area (Å²) in [5.41, 5.74) is 2.23. The topological polar surface area (TPSA) is 54.5 Å². The van der Waals surface area contributed by atoms with Crippen molar-refractivity contribution in [1.29, 1.82) is 0 Å². The van der Waals surface area contributed by atoms with Crippen LogP contribution in [0.3, 0.4) is 0 Å². The van der Waals surface area contributed by atoms with Gasteiger partial charge >= 0.3 is 6.03 Å². The van der Waals surface area contributed by atoms with Crippen LogP contribution in [0.5, 0.6) is 5.75 Å². The van der Waals surface area contributed by atoms with Crippen molar-refractivity contribution in [3.05, 3.63) is 59.9 Å². The third kappa shape index (κ3) is 5.29. The minimum atomic E-state index is -0.0441. The second-order valence-corrected chi connectivity index (χ2v) is 5.19. The van der Waals surface area contributed by atoms with Gasteiger partial charge in [0.25, 0.3) is 0 Å². The Morgan fingerprint density at radius 3 is 2.43 bits per heavy atom. The molecule has 1 N–H and O–H groups in total. The number of amides is 2. The lowest BCUT2D eigenvalue weighted by molar-refractivity contribution is 0.200. The van der Waals surface area contributed by atoms with Crippen LogP contribution in [0.15, 0.2) is 48.8 Å². The van der Waals surface area contributed by atoms with Crippen LogP contribution in [-0.4, -0.2) is 36.1 Å². The minimum absolute atomic E-state index is 0.0441. The normalized spacial score (nSPS) is 10.2. The SMILES string of the molecule is CCN(CCc1ccncc1)C(=O)NCc1ccc(OC)cc1. The standard InChI is InChI=1S/C18H23N3O2/c1-3-21(13-10-15-8-11-19-12-9-15)18(22)20-14-16-4-6-17(23-2)7-5-16/h4-9,11-12H,3,10,13-14H2,1-2H3,(H,20,22). The predicted molar refractivity (Wildman–Crippen MR) is 90.4 cm³/mol. The fraction of sp³-hybridized carbons (Fsp3) is 0.333. The molecule has 1 aromatic carbocycles. The molecule has 0 bridgehead atoms. The van der Waals surface area contributed by atoms with Crippen molar-refractivity contribution in [1.82, 2.24) is 15.2 Å². The van der Waals surface area contributed by atoms with E-state index in [9.17, 15) is 4.79 Å². The molecule has 2 aromatic rings. The van der Waals surface area contributed by atoms with Gasteiger partial charge in [0.15, 0.2) is 0 Å². The first kappa shape index (κ1) is 16.8. The highest BCUT2D eigenvalue weighted by Gasteiger charge is 2.10. The molecule has 1 heterocycles. The summed E-state index contributed by atoms with van der Waals surface area (Å²) in [6.45, 7) is 3.86. The van der Waals surface area contributed by atoms with Crippen LogP contribution >= 0.6 is 0 Å². The number of nitrogens with zero attached hydrogens (tertiary/aromatic N) is 2. The fourth-order valence-electron chi connectivity index (χ4n) is 2.25. The van der Waals surface area contributed by atoms with Crippen LogP contribution in [0.2, 0.25) is 0 Å². The second-order valence-electron chi connectivity index (χ2n) is 5.19. The Kier molecular flexibility index (Phi) is 6.41. The van der Waals surface area contributed by atoms with E-state index in [1.807, 2.05) is 48.2 Å². The zero-order chi connectivity index (χ0) is 16.5. The number of nitrogens with one attached hydrogen (secondary N) is 1. The van der Waals surface area contributed by atoms with E-state index < -0.39 is 0 Å². The Hall–Kier alpha value is -2.56. The van der Waals surface area contributed by atoms with E-state index in [0.29, 0.717) is 19.6 Å². The van der Waals surface area contributed by atoms with Crippen molar-refractivity contribution < 1.29 is 9.53 Å². The quantitative estimate of drug-likeness (QED) is 0.855. The molecule has 0 saturated carbocycles. The Balaban J connectivity index is 1.81. The summed E-state index contributed by atoms with van der Waals surface area (Å²) < 4.78 is 5.12. The molecule has 122 valence electrons. The summed E-state index contributed by atoms with van der Waals surface area (Å²) in [5.74, 6) is 0.813. The van der Waals surface area contributed by atoms with Crippen LogP contribution in [0.1, 0.15) is 18.1 Å². The van der Waals surface area contributed by atoms with Crippen LogP contribution in [0.4, 0.5) is 4.79 Å². The number of likely N-dealkylation sites (N-methyl/N-ethyl adjacent to an activating group) is 1. The lowest BCUT2D eigenvalue weighted by Gasteiger charge is -2.21. The van der Waals surface area contributed by atoms with Crippen molar-refractivity contribution in [2.45, 2.75) is 19.9 Å². The van der Waals surface area contributed by atoms with Gasteiger partial charge in [-0.15, -0.1) is 0 Å². The second kappa shape index (κ2) is 8.78. The molecule has 0 unspecified atom stereocenters. The van der Waals surface area contributed by atoms with Crippen molar-refractivity contribution in [3.8, 4) is 5.75 Å². The first-order valence-corrected chi connectivity index (χ1v) is 7.77. The van der Waals surface area contributed by atoms with Crippen LogP contribution in [0, 0.1) is 0 Å². The molecule has 0 aliphatic rings. The molecule has 0 saturated heterocycles.